The maximum atomic E-state index is 3.97. The summed E-state index contributed by atoms with van der Waals surface area (Å²) in [5.74, 6) is 1.81. The molecular formula is C12H25. The van der Waals surface area contributed by atoms with Crippen LogP contribution in [0.25, 0.3) is 0 Å². The van der Waals surface area contributed by atoms with E-state index in [0.29, 0.717) is 0 Å². The van der Waals surface area contributed by atoms with Crippen molar-refractivity contribution in [3.8, 4) is 0 Å². The molecule has 0 saturated carbocycles. The van der Waals surface area contributed by atoms with Crippen LogP contribution in [0, 0.1) is 18.8 Å². The van der Waals surface area contributed by atoms with Gasteiger partial charge in [0.15, 0.2) is 0 Å². The Morgan fingerprint density at radius 3 is 2.17 bits per heavy atom. The Morgan fingerprint density at radius 2 is 1.75 bits per heavy atom. The molecule has 0 heterocycles. The molecule has 0 aliphatic heterocycles. The Bertz CT molecular complexity index is 82.0. The molecule has 0 bridgehead atoms. The Morgan fingerprint density at radius 1 is 1.08 bits per heavy atom. The van der Waals surface area contributed by atoms with Crippen LogP contribution >= 0.6 is 0 Å². The van der Waals surface area contributed by atoms with E-state index in [0.717, 1.165) is 18.3 Å². The van der Waals surface area contributed by atoms with Crippen LogP contribution in [0.4, 0.5) is 0 Å². The van der Waals surface area contributed by atoms with Gasteiger partial charge in [-0.15, -0.1) is 0 Å². The van der Waals surface area contributed by atoms with Gasteiger partial charge in [-0.2, -0.15) is 0 Å². The zero-order valence-electron chi connectivity index (χ0n) is 9.10. The first kappa shape index (κ1) is 12.0. The molecule has 0 nitrogen and oxygen atoms in total. The molecule has 1 radical (unpaired) electrons. The predicted molar refractivity (Wildman–Crippen MR) is 57.1 cm³/mol. The minimum atomic E-state index is 0.883. The van der Waals surface area contributed by atoms with Gasteiger partial charge in [0.05, 0.1) is 0 Å². The largest absolute Gasteiger partial charge is 0.0651 e. The summed E-state index contributed by atoms with van der Waals surface area (Å²) >= 11 is 0. The molecular weight excluding hydrogens is 144 g/mol. The highest BCUT2D eigenvalue weighted by Gasteiger charge is 2.04. The molecule has 0 saturated heterocycles. The van der Waals surface area contributed by atoms with Crippen molar-refractivity contribution in [3.05, 3.63) is 6.92 Å². The van der Waals surface area contributed by atoms with E-state index in [2.05, 4.69) is 27.7 Å². The molecule has 0 N–H and O–H groups in total. The summed E-state index contributed by atoms with van der Waals surface area (Å²) in [6, 6.07) is 0. The number of hydrogen-bond donors (Lipinski definition) is 0. The fourth-order valence-corrected chi connectivity index (χ4v) is 1.51. The lowest BCUT2D eigenvalue weighted by molar-refractivity contribution is 0.409. The standard InChI is InChI=1S/C12H25/c1-5-11(4)9-8-10-12(6-2)7-3/h11-12H,2,5-10H2,1,3-4H3. The smallest absolute Gasteiger partial charge is 0.0417 e. The van der Waals surface area contributed by atoms with Crippen LogP contribution in [0.5, 0.6) is 0 Å². The third kappa shape index (κ3) is 5.62. The van der Waals surface area contributed by atoms with Crippen LogP contribution in [0.3, 0.4) is 0 Å². The second-order valence-electron chi connectivity index (χ2n) is 4.01. The summed E-state index contributed by atoms with van der Waals surface area (Å²) < 4.78 is 0. The molecule has 0 aliphatic rings. The van der Waals surface area contributed by atoms with Crippen molar-refractivity contribution < 1.29 is 0 Å². The minimum Gasteiger partial charge on any atom is -0.0651 e. The molecule has 0 fully saturated rings. The molecule has 0 aromatic carbocycles. The molecule has 2 unspecified atom stereocenters. The first-order valence-electron chi connectivity index (χ1n) is 5.53. The van der Waals surface area contributed by atoms with Gasteiger partial charge in [-0.1, -0.05) is 66.2 Å². The average molecular weight is 169 g/mol. The van der Waals surface area contributed by atoms with Crippen molar-refractivity contribution in [1.82, 2.24) is 0 Å². The van der Waals surface area contributed by atoms with E-state index in [1.54, 1.807) is 0 Å². The first-order chi connectivity index (χ1) is 5.74. The lowest BCUT2D eigenvalue weighted by atomic mass is 9.93. The van der Waals surface area contributed by atoms with Gasteiger partial charge >= 0.3 is 0 Å². The molecule has 0 heteroatoms. The topological polar surface area (TPSA) is 0 Å². The summed E-state index contributed by atoms with van der Waals surface area (Å²) in [6.45, 7) is 10.9. The van der Waals surface area contributed by atoms with Gasteiger partial charge in [0, 0.05) is 0 Å². The van der Waals surface area contributed by atoms with Gasteiger partial charge < -0.3 is 0 Å². The van der Waals surface area contributed by atoms with E-state index in [4.69, 9.17) is 0 Å². The van der Waals surface area contributed by atoms with Gasteiger partial charge in [-0.3, -0.25) is 0 Å². The van der Waals surface area contributed by atoms with Crippen LogP contribution < -0.4 is 0 Å². The fraction of sp³-hybridized carbons (Fsp3) is 0.917. The highest BCUT2D eigenvalue weighted by Crippen LogP contribution is 2.19. The van der Waals surface area contributed by atoms with E-state index in [9.17, 15) is 0 Å². The molecule has 0 rings (SSSR count). The van der Waals surface area contributed by atoms with Crippen molar-refractivity contribution in [1.29, 1.82) is 0 Å². The quantitative estimate of drug-likeness (QED) is 0.528. The van der Waals surface area contributed by atoms with Crippen LogP contribution in [0.15, 0.2) is 0 Å². The molecule has 0 aliphatic carbocycles. The number of hydrogen-bond acceptors (Lipinski definition) is 0. The van der Waals surface area contributed by atoms with Gasteiger partial charge in [-0.05, 0) is 11.8 Å². The molecule has 73 valence electrons. The Hall–Kier alpha value is 0. The van der Waals surface area contributed by atoms with Crippen LogP contribution in [-0.4, -0.2) is 0 Å². The van der Waals surface area contributed by atoms with E-state index in [1.807, 2.05) is 0 Å². The van der Waals surface area contributed by atoms with Gasteiger partial charge in [0.1, 0.15) is 0 Å². The van der Waals surface area contributed by atoms with Crippen molar-refractivity contribution in [2.45, 2.75) is 59.3 Å². The Kier molecular flexibility index (Phi) is 7.64. The number of rotatable bonds is 7. The summed E-state index contributed by atoms with van der Waals surface area (Å²) in [5.41, 5.74) is 0. The van der Waals surface area contributed by atoms with Crippen LogP contribution in [0.2, 0.25) is 0 Å². The van der Waals surface area contributed by atoms with Crippen molar-refractivity contribution in [2.24, 2.45) is 11.8 Å². The Labute approximate surface area is 78.8 Å². The lowest BCUT2D eigenvalue weighted by Gasteiger charge is -2.13. The predicted octanol–water partition coefficient (Wildman–Crippen LogP) is 4.45. The van der Waals surface area contributed by atoms with E-state index in [1.165, 1.54) is 32.1 Å². The van der Waals surface area contributed by atoms with Gasteiger partial charge in [0.25, 0.3) is 0 Å². The van der Waals surface area contributed by atoms with Gasteiger partial charge in [0.2, 0.25) is 0 Å². The molecule has 12 heavy (non-hydrogen) atoms. The summed E-state index contributed by atoms with van der Waals surface area (Å²) in [6.07, 6.45) is 7.97. The first-order valence-corrected chi connectivity index (χ1v) is 5.53. The van der Waals surface area contributed by atoms with Crippen LogP contribution in [-0.2, 0) is 0 Å². The third-order valence-corrected chi connectivity index (χ3v) is 2.99. The zero-order valence-corrected chi connectivity index (χ0v) is 9.10. The second-order valence-corrected chi connectivity index (χ2v) is 4.01. The van der Waals surface area contributed by atoms with Crippen molar-refractivity contribution in [3.63, 3.8) is 0 Å². The maximum Gasteiger partial charge on any atom is -0.0417 e. The minimum absolute atomic E-state index is 0.883. The highest BCUT2D eigenvalue weighted by atomic mass is 14.1. The normalized spacial score (nSPS) is 13.8. The summed E-state index contributed by atoms with van der Waals surface area (Å²) in [4.78, 5) is 0. The van der Waals surface area contributed by atoms with Gasteiger partial charge in [-0.25, -0.2) is 0 Å². The zero-order chi connectivity index (χ0) is 9.40. The SMILES string of the molecule is [CH2]CC(CC)CCCC(C)CC. The average Bonchev–Trinajstić information content (AvgIpc) is 2.12. The molecule has 0 aromatic rings. The van der Waals surface area contributed by atoms with E-state index in [-0.39, 0.29) is 0 Å². The maximum absolute atomic E-state index is 3.97. The summed E-state index contributed by atoms with van der Waals surface area (Å²) in [5, 5.41) is 0. The van der Waals surface area contributed by atoms with Crippen molar-refractivity contribution in [2.75, 3.05) is 0 Å². The lowest BCUT2D eigenvalue weighted by Crippen LogP contribution is -1.99. The van der Waals surface area contributed by atoms with E-state index < -0.39 is 0 Å². The molecule has 2 atom stereocenters. The summed E-state index contributed by atoms with van der Waals surface area (Å²) in [7, 11) is 0. The van der Waals surface area contributed by atoms with Crippen molar-refractivity contribution >= 4 is 0 Å². The molecule has 0 spiro atoms. The van der Waals surface area contributed by atoms with Crippen LogP contribution in [0.1, 0.15) is 59.3 Å². The Balaban J connectivity index is 3.28. The second kappa shape index (κ2) is 7.64. The van der Waals surface area contributed by atoms with E-state index >= 15 is 0 Å². The molecule has 0 amide bonds. The monoisotopic (exact) mass is 169 g/mol. The molecule has 0 aromatic heterocycles. The third-order valence-electron chi connectivity index (χ3n) is 2.99. The highest BCUT2D eigenvalue weighted by molar-refractivity contribution is 4.60. The fourth-order valence-electron chi connectivity index (χ4n) is 1.51.